The lowest BCUT2D eigenvalue weighted by molar-refractivity contribution is -0.116. The summed E-state index contributed by atoms with van der Waals surface area (Å²) in [6.07, 6.45) is 1.35. The SMILES string of the molecule is O=C(Cn1cnc2ccccc2c1=O)Nc1nnc(-c2c(Cl)cccc2Cl)s1. The number of halogens is 2. The summed E-state index contributed by atoms with van der Waals surface area (Å²) in [6.45, 7) is -0.196. The second-order valence-electron chi connectivity index (χ2n) is 5.75. The maximum absolute atomic E-state index is 12.5. The summed E-state index contributed by atoms with van der Waals surface area (Å²) in [6, 6.07) is 12.1. The predicted molar refractivity (Wildman–Crippen MR) is 110 cm³/mol. The number of carbonyl (C=O) groups excluding carboxylic acids is 1. The lowest BCUT2D eigenvalue weighted by Crippen LogP contribution is -2.27. The summed E-state index contributed by atoms with van der Waals surface area (Å²) >= 11 is 13.5. The van der Waals surface area contributed by atoms with Gasteiger partial charge in [0.05, 0.1) is 27.3 Å². The molecule has 0 aliphatic rings. The number of hydrogen-bond donors (Lipinski definition) is 1. The molecule has 0 atom stereocenters. The van der Waals surface area contributed by atoms with E-state index in [0.717, 1.165) is 11.3 Å². The van der Waals surface area contributed by atoms with Gasteiger partial charge in [-0.15, -0.1) is 10.2 Å². The van der Waals surface area contributed by atoms with Crippen molar-refractivity contribution in [2.75, 3.05) is 5.32 Å². The Labute approximate surface area is 172 Å². The number of benzene rings is 2. The number of nitrogens with zero attached hydrogens (tertiary/aromatic N) is 4. The van der Waals surface area contributed by atoms with Gasteiger partial charge in [-0.05, 0) is 24.3 Å². The number of amides is 1. The van der Waals surface area contributed by atoms with Crippen LogP contribution in [0.5, 0.6) is 0 Å². The van der Waals surface area contributed by atoms with Crippen LogP contribution in [0, 0.1) is 0 Å². The Morgan fingerprint density at radius 2 is 1.82 bits per heavy atom. The van der Waals surface area contributed by atoms with Crippen LogP contribution in [0.3, 0.4) is 0 Å². The Balaban J connectivity index is 1.53. The fourth-order valence-electron chi connectivity index (χ4n) is 2.61. The molecule has 4 rings (SSSR count). The predicted octanol–water partition coefficient (Wildman–Crippen LogP) is 3.86. The number of rotatable bonds is 4. The van der Waals surface area contributed by atoms with Gasteiger partial charge in [0.15, 0.2) is 5.01 Å². The van der Waals surface area contributed by atoms with Gasteiger partial charge in [-0.3, -0.25) is 19.5 Å². The smallest absolute Gasteiger partial charge is 0.261 e. The van der Waals surface area contributed by atoms with Crippen LogP contribution in [-0.4, -0.2) is 25.7 Å². The lowest BCUT2D eigenvalue weighted by atomic mass is 10.2. The lowest BCUT2D eigenvalue weighted by Gasteiger charge is -2.06. The number of fused-ring (bicyclic) bond motifs is 1. The molecule has 2 heterocycles. The number of anilines is 1. The molecule has 0 bridgehead atoms. The van der Waals surface area contributed by atoms with Crippen molar-refractivity contribution in [3.63, 3.8) is 0 Å². The van der Waals surface area contributed by atoms with Gasteiger partial charge in [-0.1, -0.05) is 52.7 Å². The third-order valence-electron chi connectivity index (χ3n) is 3.89. The Bertz CT molecular complexity index is 1230. The zero-order valence-electron chi connectivity index (χ0n) is 14.1. The van der Waals surface area contributed by atoms with Crippen LogP contribution in [0.4, 0.5) is 5.13 Å². The summed E-state index contributed by atoms with van der Waals surface area (Å²) in [5, 5.41) is 12.7. The van der Waals surface area contributed by atoms with Gasteiger partial charge in [-0.25, -0.2) is 4.98 Å². The van der Waals surface area contributed by atoms with Crippen molar-refractivity contribution in [1.82, 2.24) is 19.7 Å². The topological polar surface area (TPSA) is 89.8 Å². The van der Waals surface area contributed by atoms with Crippen LogP contribution in [0.25, 0.3) is 21.5 Å². The number of carbonyl (C=O) groups is 1. The van der Waals surface area contributed by atoms with Crippen LogP contribution in [-0.2, 0) is 11.3 Å². The Morgan fingerprint density at radius 3 is 2.61 bits per heavy atom. The molecule has 2 aromatic heterocycles. The Hall–Kier alpha value is -2.81. The monoisotopic (exact) mass is 431 g/mol. The minimum absolute atomic E-state index is 0.196. The van der Waals surface area contributed by atoms with E-state index in [2.05, 4.69) is 20.5 Å². The minimum Gasteiger partial charge on any atom is -0.299 e. The minimum atomic E-state index is -0.424. The van der Waals surface area contributed by atoms with E-state index in [0.29, 0.717) is 31.5 Å². The molecule has 0 saturated carbocycles. The molecule has 1 amide bonds. The maximum atomic E-state index is 12.5. The average Bonchev–Trinajstić information content (AvgIpc) is 3.12. The van der Waals surface area contributed by atoms with Crippen molar-refractivity contribution in [2.24, 2.45) is 0 Å². The second-order valence-corrected chi connectivity index (χ2v) is 7.54. The first-order valence-electron chi connectivity index (χ1n) is 8.05. The highest BCUT2D eigenvalue weighted by molar-refractivity contribution is 7.18. The van der Waals surface area contributed by atoms with Crippen LogP contribution >= 0.6 is 34.5 Å². The molecular weight excluding hydrogens is 421 g/mol. The number of hydrogen-bond acceptors (Lipinski definition) is 6. The fraction of sp³-hybridized carbons (Fsp3) is 0.0556. The summed E-state index contributed by atoms with van der Waals surface area (Å²) < 4.78 is 1.24. The molecule has 7 nitrogen and oxygen atoms in total. The number of aromatic nitrogens is 4. The van der Waals surface area contributed by atoms with Crippen LogP contribution in [0.1, 0.15) is 0 Å². The van der Waals surface area contributed by atoms with Crippen molar-refractivity contribution in [2.45, 2.75) is 6.54 Å². The molecule has 0 fully saturated rings. The largest absolute Gasteiger partial charge is 0.299 e. The fourth-order valence-corrected chi connectivity index (χ4v) is 4.13. The highest BCUT2D eigenvalue weighted by atomic mass is 35.5. The van der Waals surface area contributed by atoms with Crippen molar-refractivity contribution >= 4 is 56.5 Å². The second kappa shape index (κ2) is 7.67. The molecular formula is C18H11Cl2N5O2S. The van der Waals surface area contributed by atoms with Crippen LogP contribution < -0.4 is 10.9 Å². The zero-order chi connectivity index (χ0) is 19.7. The van der Waals surface area contributed by atoms with Gasteiger partial charge in [-0.2, -0.15) is 0 Å². The molecule has 1 N–H and O–H groups in total. The summed E-state index contributed by atoms with van der Waals surface area (Å²) in [5.41, 5.74) is 0.842. The average molecular weight is 432 g/mol. The maximum Gasteiger partial charge on any atom is 0.261 e. The molecule has 0 unspecified atom stereocenters. The van der Waals surface area contributed by atoms with Crippen molar-refractivity contribution in [3.05, 3.63) is 69.2 Å². The van der Waals surface area contributed by atoms with Gasteiger partial charge in [0, 0.05) is 5.56 Å². The van der Waals surface area contributed by atoms with Crippen LogP contribution in [0.15, 0.2) is 53.6 Å². The standard InChI is InChI=1S/C18H11Cl2N5O2S/c19-11-5-3-6-12(20)15(11)16-23-24-18(28-16)22-14(26)8-25-9-21-13-7-2-1-4-10(13)17(25)27/h1-7,9H,8H2,(H,22,24,26). The van der Waals surface area contributed by atoms with E-state index in [-0.39, 0.29) is 17.2 Å². The summed E-state index contributed by atoms with van der Waals surface area (Å²) in [7, 11) is 0. The molecule has 10 heteroatoms. The highest BCUT2D eigenvalue weighted by Gasteiger charge is 2.15. The van der Waals surface area contributed by atoms with Crippen molar-refractivity contribution in [1.29, 1.82) is 0 Å². The Kier molecular flexibility index (Phi) is 5.08. The molecule has 28 heavy (non-hydrogen) atoms. The van der Waals surface area contributed by atoms with E-state index in [1.54, 1.807) is 42.5 Å². The molecule has 0 aliphatic heterocycles. The van der Waals surface area contributed by atoms with E-state index in [1.807, 2.05) is 0 Å². The first-order chi connectivity index (χ1) is 13.5. The molecule has 0 radical (unpaired) electrons. The summed E-state index contributed by atoms with van der Waals surface area (Å²) in [5.74, 6) is -0.424. The van der Waals surface area contributed by atoms with E-state index < -0.39 is 5.91 Å². The number of nitrogens with one attached hydrogen (secondary N) is 1. The van der Waals surface area contributed by atoms with Gasteiger partial charge >= 0.3 is 0 Å². The Morgan fingerprint density at radius 1 is 1.07 bits per heavy atom. The third-order valence-corrected chi connectivity index (χ3v) is 5.38. The van der Waals surface area contributed by atoms with Gasteiger partial charge in [0.25, 0.3) is 5.56 Å². The van der Waals surface area contributed by atoms with Gasteiger partial charge in [0.2, 0.25) is 11.0 Å². The number of para-hydroxylation sites is 1. The van der Waals surface area contributed by atoms with E-state index in [4.69, 9.17) is 23.2 Å². The summed E-state index contributed by atoms with van der Waals surface area (Å²) in [4.78, 5) is 29.0. The van der Waals surface area contributed by atoms with E-state index >= 15 is 0 Å². The molecule has 140 valence electrons. The first-order valence-corrected chi connectivity index (χ1v) is 9.62. The zero-order valence-corrected chi connectivity index (χ0v) is 16.4. The third kappa shape index (κ3) is 3.62. The van der Waals surface area contributed by atoms with Gasteiger partial charge < -0.3 is 0 Å². The molecule has 0 aliphatic carbocycles. The quantitative estimate of drug-likeness (QED) is 0.529. The van der Waals surface area contributed by atoms with E-state index in [1.165, 1.54) is 10.9 Å². The molecule has 0 spiro atoms. The normalized spacial score (nSPS) is 10.9. The highest BCUT2D eigenvalue weighted by Crippen LogP contribution is 2.37. The van der Waals surface area contributed by atoms with Crippen molar-refractivity contribution in [3.8, 4) is 10.6 Å². The van der Waals surface area contributed by atoms with Crippen LogP contribution in [0.2, 0.25) is 10.0 Å². The van der Waals surface area contributed by atoms with Crippen molar-refractivity contribution < 1.29 is 4.79 Å². The van der Waals surface area contributed by atoms with Gasteiger partial charge in [0.1, 0.15) is 6.54 Å². The molecule has 2 aromatic carbocycles. The molecule has 4 aromatic rings. The van der Waals surface area contributed by atoms with E-state index in [9.17, 15) is 9.59 Å². The molecule has 0 saturated heterocycles. The first kappa shape index (κ1) is 18.5.